The second-order valence-corrected chi connectivity index (χ2v) is 5.31. The fraction of sp³-hybridized carbons (Fsp3) is 0.667. The number of carboxylic acid groups (broad SMARTS) is 1. The van der Waals surface area contributed by atoms with Crippen molar-refractivity contribution in [3.05, 3.63) is 11.9 Å². The minimum atomic E-state index is -0.984. The summed E-state index contributed by atoms with van der Waals surface area (Å²) in [4.78, 5) is 26.4. The summed E-state index contributed by atoms with van der Waals surface area (Å²) in [6.07, 6.45) is 2.48. The molecule has 0 radical (unpaired) electrons. The zero-order valence-corrected chi connectivity index (χ0v) is 12.2. The van der Waals surface area contributed by atoms with Crippen LogP contribution in [0.5, 0.6) is 0 Å². The molecule has 2 amide bonds. The number of carbonyl (C=O) groups is 2. The van der Waals surface area contributed by atoms with Gasteiger partial charge in [0.25, 0.3) is 0 Å². The standard InChI is InChI=1S/C12H20N6O3/c1-16(2)10-3-4-17(7-10)12(21)13-5-9-6-18(15-14-9)8-11(19)20/h6,10H,3-5,7-8H2,1-2H3,(H,13,21)(H,19,20). The molecule has 21 heavy (non-hydrogen) atoms. The van der Waals surface area contributed by atoms with Crippen LogP contribution in [0.2, 0.25) is 0 Å². The summed E-state index contributed by atoms with van der Waals surface area (Å²) >= 11 is 0. The molecule has 2 rings (SSSR count). The fourth-order valence-corrected chi connectivity index (χ4v) is 2.26. The summed E-state index contributed by atoms with van der Waals surface area (Å²) in [6, 6.07) is 0.263. The first kappa shape index (κ1) is 15.2. The number of hydrogen-bond acceptors (Lipinski definition) is 5. The number of likely N-dealkylation sites (N-methyl/N-ethyl adjacent to an activating group) is 1. The Labute approximate surface area is 122 Å². The average molecular weight is 296 g/mol. The number of likely N-dealkylation sites (tertiary alicyclic amines) is 1. The largest absolute Gasteiger partial charge is 0.480 e. The third-order valence-corrected chi connectivity index (χ3v) is 3.48. The highest BCUT2D eigenvalue weighted by Crippen LogP contribution is 2.13. The third kappa shape index (κ3) is 4.15. The quantitative estimate of drug-likeness (QED) is 0.738. The maximum Gasteiger partial charge on any atom is 0.325 e. The number of amides is 2. The maximum absolute atomic E-state index is 12.0. The molecular weight excluding hydrogens is 276 g/mol. The SMILES string of the molecule is CN(C)C1CCN(C(=O)NCc2cn(CC(=O)O)nn2)C1. The van der Waals surface area contributed by atoms with Crippen molar-refractivity contribution in [1.29, 1.82) is 0 Å². The summed E-state index contributed by atoms with van der Waals surface area (Å²) in [5, 5.41) is 18.9. The number of carboxylic acids is 1. The molecule has 0 aliphatic carbocycles. The Balaban J connectivity index is 1.79. The maximum atomic E-state index is 12.0. The van der Waals surface area contributed by atoms with Crippen LogP contribution in [0.3, 0.4) is 0 Å². The molecule has 2 heterocycles. The van der Waals surface area contributed by atoms with Gasteiger partial charge in [0.2, 0.25) is 0 Å². The summed E-state index contributed by atoms with van der Waals surface area (Å²) in [6.45, 7) is 1.45. The molecule has 9 nitrogen and oxygen atoms in total. The van der Waals surface area contributed by atoms with Crippen molar-refractivity contribution in [2.75, 3.05) is 27.2 Å². The van der Waals surface area contributed by atoms with Gasteiger partial charge in [-0.1, -0.05) is 5.21 Å². The molecule has 116 valence electrons. The monoisotopic (exact) mass is 296 g/mol. The molecule has 1 aliphatic heterocycles. The van der Waals surface area contributed by atoms with E-state index in [0.29, 0.717) is 18.3 Å². The number of hydrogen-bond donors (Lipinski definition) is 2. The third-order valence-electron chi connectivity index (χ3n) is 3.48. The molecule has 1 fully saturated rings. The van der Waals surface area contributed by atoms with Gasteiger partial charge in [-0.15, -0.1) is 5.10 Å². The van der Waals surface area contributed by atoms with Gasteiger partial charge in [0.1, 0.15) is 12.2 Å². The smallest absolute Gasteiger partial charge is 0.325 e. The number of aliphatic carboxylic acids is 1. The zero-order chi connectivity index (χ0) is 15.4. The zero-order valence-electron chi connectivity index (χ0n) is 12.2. The molecule has 1 unspecified atom stereocenters. The second kappa shape index (κ2) is 6.53. The van der Waals surface area contributed by atoms with Crippen molar-refractivity contribution in [1.82, 2.24) is 30.1 Å². The van der Waals surface area contributed by atoms with E-state index in [1.807, 2.05) is 14.1 Å². The van der Waals surface area contributed by atoms with Crippen molar-refractivity contribution in [2.45, 2.75) is 25.6 Å². The lowest BCUT2D eigenvalue weighted by Crippen LogP contribution is -2.40. The van der Waals surface area contributed by atoms with Crippen molar-refractivity contribution < 1.29 is 14.7 Å². The molecule has 9 heteroatoms. The predicted molar refractivity (Wildman–Crippen MR) is 73.6 cm³/mol. The molecule has 1 aromatic heterocycles. The van der Waals surface area contributed by atoms with Crippen molar-refractivity contribution in [2.24, 2.45) is 0 Å². The lowest BCUT2D eigenvalue weighted by molar-refractivity contribution is -0.137. The molecule has 0 spiro atoms. The van der Waals surface area contributed by atoms with Gasteiger partial charge in [-0.2, -0.15) is 0 Å². The van der Waals surface area contributed by atoms with Gasteiger partial charge in [0.15, 0.2) is 0 Å². The van der Waals surface area contributed by atoms with Gasteiger partial charge in [0.05, 0.1) is 12.7 Å². The highest BCUT2D eigenvalue weighted by Gasteiger charge is 2.27. The Kier molecular flexibility index (Phi) is 4.73. The number of aromatic nitrogens is 3. The van der Waals surface area contributed by atoms with E-state index in [2.05, 4.69) is 20.5 Å². The molecule has 2 N–H and O–H groups in total. The van der Waals surface area contributed by atoms with E-state index in [4.69, 9.17) is 5.11 Å². The Hall–Kier alpha value is -2.16. The highest BCUT2D eigenvalue weighted by molar-refractivity contribution is 5.74. The van der Waals surface area contributed by atoms with Gasteiger partial charge in [-0.25, -0.2) is 9.48 Å². The van der Waals surface area contributed by atoms with E-state index in [0.717, 1.165) is 13.0 Å². The van der Waals surface area contributed by atoms with Crippen LogP contribution in [-0.2, 0) is 17.9 Å². The number of urea groups is 1. The van der Waals surface area contributed by atoms with Gasteiger partial charge in [-0.3, -0.25) is 4.79 Å². The van der Waals surface area contributed by atoms with Crippen LogP contribution in [0, 0.1) is 0 Å². The number of nitrogens with one attached hydrogen (secondary N) is 1. The van der Waals surface area contributed by atoms with E-state index in [9.17, 15) is 9.59 Å². The van der Waals surface area contributed by atoms with E-state index < -0.39 is 5.97 Å². The summed E-state index contributed by atoms with van der Waals surface area (Å²) in [5.41, 5.74) is 0.535. The molecule has 1 atom stereocenters. The Morgan fingerprint density at radius 3 is 2.90 bits per heavy atom. The van der Waals surface area contributed by atoms with E-state index in [1.165, 1.54) is 10.9 Å². The van der Waals surface area contributed by atoms with Crippen LogP contribution in [-0.4, -0.2) is 75.1 Å². The van der Waals surface area contributed by atoms with Crippen LogP contribution in [0.15, 0.2) is 6.20 Å². The topological polar surface area (TPSA) is 104 Å². The molecular formula is C12H20N6O3. The van der Waals surface area contributed by atoms with Crippen LogP contribution < -0.4 is 5.32 Å². The Morgan fingerprint density at radius 2 is 2.29 bits per heavy atom. The molecule has 0 aromatic carbocycles. The minimum Gasteiger partial charge on any atom is -0.480 e. The number of carbonyl (C=O) groups excluding carboxylic acids is 1. The lowest BCUT2D eigenvalue weighted by Gasteiger charge is -2.20. The summed E-state index contributed by atoms with van der Waals surface area (Å²) in [7, 11) is 4.01. The number of nitrogens with zero attached hydrogens (tertiary/aromatic N) is 5. The first-order chi connectivity index (χ1) is 9.95. The van der Waals surface area contributed by atoms with Crippen molar-refractivity contribution >= 4 is 12.0 Å². The van der Waals surface area contributed by atoms with Crippen molar-refractivity contribution in [3.63, 3.8) is 0 Å². The predicted octanol–water partition coefficient (Wildman–Crippen LogP) is -0.792. The Bertz CT molecular complexity index is 515. The lowest BCUT2D eigenvalue weighted by atomic mass is 10.2. The Morgan fingerprint density at radius 1 is 1.52 bits per heavy atom. The fourth-order valence-electron chi connectivity index (χ4n) is 2.26. The highest BCUT2D eigenvalue weighted by atomic mass is 16.4. The van der Waals surface area contributed by atoms with E-state index >= 15 is 0 Å². The first-order valence-electron chi connectivity index (χ1n) is 6.75. The van der Waals surface area contributed by atoms with Crippen LogP contribution >= 0.6 is 0 Å². The second-order valence-electron chi connectivity index (χ2n) is 5.31. The minimum absolute atomic E-state index is 0.132. The van der Waals surface area contributed by atoms with Gasteiger partial charge in [-0.05, 0) is 20.5 Å². The van der Waals surface area contributed by atoms with E-state index in [-0.39, 0.29) is 19.1 Å². The average Bonchev–Trinajstić information content (AvgIpc) is 3.04. The molecule has 1 aliphatic rings. The van der Waals surface area contributed by atoms with Crippen LogP contribution in [0.25, 0.3) is 0 Å². The van der Waals surface area contributed by atoms with Crippen molar-refractivity contribution in [3.8, 4) is 0 Å². The van der Waals surface area contributed by atoms with Crippen LogP contribution in [0.4, 0.5) is 4.79 Å². The van der Waals surface area contributed by atoms with Gasteiger partial charge in [0, 0.05) is 19.1 Å². The normalized spacial score (nSPS) is 18.2. The molecule has 0 saturated carbocycles. The summed E-state index contributed by atoms with van der Waals surface area (Å²) in [5.74, 6) is -0.984. The van der Waals surface area contributed by atoms with E-state index in [1.54, 1.807) is 4.90 Å². The van der Waals surface area contributed by atoms with Gasteiger partial charge >= 0.3 is 12.0 Å². The summed E-state index contributed by atoms with van der Waals surface area (Å²) < 4.78 is 1.22. The first-order valence-corrected chi connectivity index (χ1v) is 6.75. The van der Waals surface area contributed by atoms with Crippen LogP contribution in [0.1, 0.15) is 12.1 Å². The van der Waals surface area contributed by atoms with Gasteiger partial charge < -0.3 is 20.2 Å². The molecule has 0 bridgehead atoms. The molecule has 1 aromatic rings. The molecule has 1 saturated heterocycles. The number of rotatable bonds is 5.